The Morgan fingerprint density at radius 2 is 1.87 bits per heavy atom. The highest BCUT2D eigenvalue weighted by molar-refractivity contribution is 5.98. The molecule has 4 nitrogen and oxygen atoms in total. The zero-order valence-corrected chi connectivity index (χ0v) is 10.1. The van der Waals surface area contributed by atoms with Crippen LogP contribution in [0.1, 0.15) is 41.0 Å². The van der Waals surface area contributed by atoms with Crippen molar-refractivity contribution in [2.45, 2.75) is 52.6 Å². The maximum Gasteiger partial charge on any atom is 0.324 e. The standard InChI is InChI=1S/C11H20N2O2/c1-7(2)8-6-9(14)13(10(15)12-8)11(3,4)5/h7-8H,6H2,1-5H3,(H,12,15). The van der Waals surface area contributed by atoms with E-state index in [1.165, 1.54) is 4.90 Å². The van der Waals surface area contributed by atoms with E-state index in [1.807, 2.05) is 34.6 Å². The summed E-state index contributed by atoms with van der Waals surface area (Å²) < 4.78 is 0. The maximum absolute atomic E-state index is 11.8. The van der Waals surface area contributed by atoms with Gasteiger partial charge in [-0.15, -0.1) is 0 Å². The monoisotopic (exact) mass is 212 g/mol. The average Bonchev–Trinajstić information content (AvgIpc) is 1.99. The van der Waals surface area contributed by atoms with Crippen molar-refractivity contribution in [1.82, 2.24) is 10.2 Å². The van der Waals surface area contributed by atoms with Gasteiger partial charge in [0.05, 0.1) is 0 Å². The molecule has 1 rings (SSSR count). The molecule has 1 unspecified atom stereocenters. The summed E-state index contributed by atoms with van der Waals surface area (Å²) in [7, 11) is 0. The first-order valence-electron chi connectivity index (χ1n) is 5.37. The second kappa shape index (κ2) is 3.83. The summed E-state index contributed by atoms with van der Waals surface area (Å²) in [5.41, 5.74) is -0.441. The van der Waals surface area contributed by atoms with Gasteiger partial charge in [0.2, 0.25) is 5.91 Å². The first-order valence-corrected chi connectivity index (χ1v) is 5.37. The maximum atomic E-state index is 11.8. The van der Waals surface area contributed by atoms with Gasteiger partial charge in [-0.05, 0) is 26.7 Å². The normalized spacial score (nSPS) is 23.3. The second-order valence-electron chi connectivity index (χ2n) is 5.40. The minimum absolute atomic E-state index is 0.0244. The highest BCUT2D eigenvalue weighted by atomic mass is 16.2. The van der Waals surface area contributed by atoms with Crippen LogP contribution in [0.25, 0.3) is 0 Å². The van der Waals surface area contributed by atoms with E-state index in [1.54, 1.807) is 0 Å². The number of nitrogens with one attached hydrogen (secondary N) is 1. The van der Waals surface area contributed by atoms with E-state index in [9.17, 15) is 9.59 Å². The number of hydrogen-bond donors (Lipinski definition) is 1. The van der Waals surface area contributed by atoms with E-state index in [2.05, 4.69) is 5.32 Å². The van der Waals surface area contributed by atoms with Crippen LogP contribution in [0.5, 0.6) is 0 Å². The fraction of sp³-hybridized carbons (Fsp3) is 0.818. The van der Waals surface area contributed by atoms with Crippen molar-refractivity contribution in [1.29, 1.82) is 0 Å². The molecule has 0 bridgehead atoms. The van der Waals surface area contributed by atoms with E-state index in [-0.39, 0.29) is 18.0 Å². The molecule has 15 heavy (non-hydrogen) atoms. The lowest BCUT2D eigenvalue weighted by atomic mass is 9.96. The summed E-state index contributed by atoms with van der Waals surface area (Å²) in [4.78, 5) is 24.9. The van der Waals surface area contributed by atoms with E-state index in [0.717, 1.165) is 0 Å². The van der Waals surface area contributed by atoms with E-state index >= 15 is 0 Å². The molecular formula is C11H20N2O2. The third kappa shape index (κ3) is 2.49. The Bertz CT molecular complexity index is 261. The number of carbonyl (C=O) groups excluding carboxylic acids is 2. The highest BCUT2D eigenvalue weighted by Gasteiger charge is 2.39. The average molecular weight is 212 g/mol. The largest absolute Gasteiger partial charge is 0.334 e. The Kier molecular flexibility index (Phi) is 3.07. The Hall–Kier alpha value is -1.06. The lowest BCUT2D eigenvalue weighted by Gasteiger charge is -2.40. The van der Waals surface area contributed by atoms with E-state index in [4.69, 9.17) is 0 Å². The molecule has 1 saturated heterocycles. The third-order valence-electron chi connectivity index (χ3n) is 2.63. The molecule has 1 fully saturated rings. The van der Waals surface area contributed by atoms with Gasteiger partial charge in [0.1, 0.15) is 0 Å². The van der Waals surface area contributed by atoms with E-state index in [0.29, 0.717) is 12.3 Å². The van der Waals surface area contributed by atoms with E-state index < -0.39 is 5.54 Å². The van der Waals surface area contributed by atoms with Crippen LogP contribution in [0.4, 0.5) is 4.79 Å². The van der Waals surface area contributed by atoms with Gasteiger partial charge in [-0.2, -0.15) is 0 Å². The molecule has 0 spiro atoms. The summed E-state index contributed by atoms with van der Waals surface area (Å²) in [5, 5.41) is 2.87. The van der Waals surface area contributed by atoms with Crippen LogP contribution in [0.3, 0.4) is 0 Å². The molecule has 0 aromatic heterocycles. The molecule has 1 heterocycles. The number of carbonyl (C=O) groups is 2. The predicted molar refractivity (Wildman–Crippen MR) is 58.4 cm³/mol. The Morgan fingerprint density at radius 1 is 1.33 bits per heavy atom. The molecule has 1 aliphatic rings. The van der Waals surface area contributed by atoms with Crippen molar-refractivity contribution in [3.8, 4) is 0 Å². The van der Waals surface area contributed by atoms with Gasteiger partial charge >= 0.3 is 6.03 Å². The fourth-order valence-corrected chi connectivity index (χ4v) is 1.75. The van der Waals surface area contributed by atoms with Crippen LogP contribution < -0.4 is 5.32 Å². The molecule has 0 aromatic rings. The third-order valence-corrected chi connectivity index (χ3v) is 2.63. The Labute approximate surface area is 91.0 Å². The number of rotatable bonds is 1. The Balaban J connectivity index is 2.83. The van der Waals surface area contributed by atoms with Gasteiger partial charge in [0, 0.05) is 18.0 Å². The van der Waals surface area contributed by atoms with Crippen LogP contribution in [0, 0.1) is 5.92 Å². The lowest BCUT2D eigenvalue weighted by Crippen LogP contribution is -2.61. The molecule has 4 heteroatoms. The zero-order valence-electron chi connectivity index (χ0n) is 10.1. The number of imide groups is 1. The van der Waals surface area contributed by atoms with Gasteiger partial charge < -0.3 is 5.32 Å². The van der Waals surface area contributed by atoms with Crippen molar-refractivity contribution in [2.24, 2.45) is 5.92 Å². The van der Waals surface area contributed by atoms with Gasteiger partial charge in [-0.1, -0.05) is 13.8 Å². The predicted octanol–water partition coefficient (Wildman–Crippen LogP) is 1.75. The molecule has 0 aliphatic carbocycles. The quantitative estimate of drug-likeness (QED) is 0.720. The van der Waals surface area contributed by atoms with Crippen LogP contribution in [0.15, 0.2) is 0 Å². The Morgan fingerprint density at radius 3 is 2.20 bits per heavy atom. The fourth-order valence-electron chi connectivity index (χ4n) is 1.75. The summed E-state index contributed by atoms with van der Waals surface area (Å²) in [6.45, 7) is 9.59. The molecule has 0 radical (unpaired) electrons. The van der Waals surface area contributed by atoms with Crippen molar-refractivity contribution >= 4 is 11.9 Å². The number of urea groups is 1. The van der Waals surface area contributed by atoms with Gasteiger partial charge in [-0.3, -0.25) is 9.69 Å². The van der Waals surface area contributed by atoms with Crippen molar-refractivity contribution < 1.29 is 9.59 Å². The van der Waals surface area contributed by atoms with Crippen LogP contribution in [0.2, 0.25) is 0 Å². The van der Waals surface area contributed by atoms with Crippen molar-refractivity contribution in [3.63, 3.8) is 0 Å². The number of hydrogen-bond acceptors (Lipinski definition) is 2. The van der Waals surface area contributed by atoms with Crippen LogP contribution >= 0.6 is 0 Å². The molecular weight excluding hydrogens is 192 g/mol. The van der Waals surface area contributed by atoms with Crippen molar-refractivity contribution in [3.05, 3.63) is 0 Å². The molecule has 0 aromatic carbocycles. The summed E-state index contributed by atoms with van der Waals surface area (Å²) in [5.74, 6) is 0.213. The molecule has 86 valence electrons. The summed E-state index contributed by atoms with van der Waals surface area (Å²) in [6, 6.07) is -0.291. The van der Waals surface area contributed by atoms with Gasteiger partial charge in [0.15, 0.2) is 0 Å². The van der Waals surface area contributed by atoms with Crippen LogP contribution in [-0.2, 0) is 4.79 Å². The number of nitrogens with zero attached hydrogens (tertiary/aromatic N) is 1. The van der Waals surface area contributed by atoms with Crippen molar-refractivity contribution in [2.75, 3.05) is 0 Å². The molecule has 0 saturated carbocycles. The minimum Gasteiger partial charge on any atom is -0.334 e. The highest BCUT2D eigenvalue weighted by Crippen LogP contribution is 2.21. The summed E-state index contributed by atoms with van der Waals surface area (Å²) >= 11 is 0. The first-order chi connectivity index (χ1) is 6.73. The van der Waals surface area contributed by atoms with Crippen LogP contribution in [-0.4, -0.2) is 28.4 Å². The summed E-state index contributed by atoms with van der Waals surface area (Å²) in [6.07, 6.45) is 0.403. The molecule has 1 atom stereocenters. The van der Waals surface area contributed by atoms with Gasteiger partial charge in [0.25, 0.3) is 0 Å². The minimum atomic E-state index is -0.441. The van der Waals surface area contributed by atoms with Gasteiger partial charge in [-0.25, -0.2) is 4.79 Å². The first kappa shape index (κ1) is 12.0. The number of amides is 3. The zero-order chi connectivity index (χ0) is 11.8. The second-order valence-corrected chi connectivity index (χ2v) is 5.40. The lowest BCUT2D eigenvalue weighted by molar-refractivity contribution is -0.134. The molecule has 1 aliphatic heterocycles. The topological polar surface area (TPSA) is 49.4 Å². The smallest absolute Gasteiger partial charge is 0.324 e. The SMILES string of the molecule is CC(C)C1CC(=O)N(C(C)(C)C)C(=O)N1. The molecule has 3 amide bonds. The molecule has 1 N–H and O–H groups in total.